The number of fused-ring (bicyclic) bond motifs is 1. The molecule has 0 saturated heterocycles. The van der Waals surface area contributed by atoms with E-state index in [9.17, 15) is 14.7 Å². The number of carbonyl (C=O) groups excluding carboxylic acids is 2. The van der Waals surface area contributed by atoms with Gasteiger partial charge in [-0.15, -0.1) is 11.3 Å². The maximum absolute atomic E-state index is 13.6. The van der Waals surface area contributed by atoms with Gasteiger partial charge in [0.25, 0.3) is 5.91 Å². The van der Waals surface area contributed by atoms with Gasteiger partial charge in [-0.2, -0.15) is 0 Å². The monoisotopic (exact) mass is 491 g/mol. The summed E-state index contributed by atoms with van der Waals surface area (Å²) in [7, 11) is 3.04. The Labute approximate surface area is 203 Å². The fourth-order valence-corrected chi connectivity index (χ4v) is 5.08. The summed E-state index contributed by atoms with van der Waals surface area (Å²) in [6, 6.07) is 5.87. The van der Waals surface area contributed by atoms with Crippen molar-refractivity contribution in [1.29, 1.82) is 0 Å². The van der Waals surface area contributed by atoms with Crippen molar-refractivity contribution in [3.8, 4) is 11.5 Å². The van der Waals surface area contributed by atoms with E-state index < -0.39 is 23.5 Å². The highest BCUT2D eigenvalue weighted by Crippen LogP contribution is 2.42. The molecule has 2 N–H and O–H groups in total. The Morgan fingerprint density at radius 3 is 2.54 bits per heavy atom. The number of pyridine rings is 1. The summed E-state index contributed by atoms with van der Waals surface area (Å²) < 4.78 is 10.7. The van der Waals surface area contributed by atoms with Crippen LogP contribution in [-0.2, 0) is 4.79 Å². The predicted octanol–water partition coefficient (Wildman–Crippen LogP) is 3.83. The number of nitrogens with zero attached hydrogens (tertiary/aromatic N) is 4. The first kappa shape index (κ1) is 22.5. The van der Waals surface area contributed by atoms with Gasteiger partial charge in [-0.1, -0.05) is 6.07 Å². The van der Waals surface area contributed by atoms with Crippen molar-refractivity contribution in [2.45, 2.75) is 19.9 Å². The Balaban J connectivity index is 1.67. The third-order valence-corrected chi connectivity index (χ3v) is 6.84. The Kier molecular flexibility index (Phi) is 5.48. The van der Waals surface area contributed by atoms with Gasteiger partial charge in [-0.3, -0.25) is 19.5 Å². The van der Waals surface area contributed by atoms with Crippen molar-refractivity contribution in [3.63, 3.8) is 0 Å². The number of methoxy groups -OCH3 is 2. The van der Waals surface area contributed by atoms with Crippen molar-refractivity contribution < 1.29 is 24.2 Å². The number of anilines is 1. The van der Waals surface area contributed by atoms with Crippen LogP contribution in [0.15, 0.2) is 48.0 Å². The molecule has 0 fully saturated rings. The third-order valence-electron chi connectivity index (χ3n) is 5.77. The first-order valence-electron chi connectivity index (χ1n) is 10.6. The molecule has 1 aromatic carbocycles. The van der Waals surface area contributed by atoms with Crippen LogP contribution in [0.3, 0.4) is 0 Å². The normalized spacial score (nSPS) is 15.8. The topological polar surface area (TPSA) is 131 Å². The summed E-state index contributed by atoms with van der Waals surface area (Å²) in [4.78, 5) is 44.8. The minimum absolute atomic E-state index is 0.0506. The number of aromatic amines is 1. The SMILES string of the molecule is COc1cc2nc(N3C(=O)C(O)=C(C(=O)c4sc(C)nc4C)C3c3cccnc3)[nH]c2cc1OC. The number of thiazole rings is 1. The molecule has 178 valence electrons. The Bertz CT molecular complexity index is 1470. The van der Waals surface area contributed by atoms with Gasteiger partial charge in [0.05, 0.1) is 52.4 Å². The van der Waals surface area contributed by atoms with E-state index in [1.165, 1.54) is 30.5 Å². The molecule has 35 heavy (non-hydrogen) atoms. The molecular formula is C24H21N5O5S. The largest absolute Gasteiger partial charge is 0.503 e. The standard InChI is InChI=1S/C24H21N5O5S/c1-11-22(35-12(2)26-11)20(30)18-19(13-6-5-7-25-10-13)29(23(32)21(18)31)24-27-14-8-16(33-3)17(34-4)9-15(14)28-24/h5-10,19,31H,1-4H3,(H,27,28). The van der Waals surface area contributed by atoms with Gasteiger partial charge in [-0.05, 0) is 25.5 Å². The number of hydrogen-bond donors (Lipinski definition) is 2. The molecule has 0 spiro atoms. The first-order chi connectivity index (χ1) is 16.8. The van der Waals surface area contributed by atoms with Crippen LogP contribution in [0, 0.1) is 13.8 Å². The number of amides is 1. The van der Waals surface area contributed by atoms with E-state index in [-0.39, 0.29) is 11.5 Å². The number of aliphatic hydroxyl groups excluding tert-OH is 1. The summed E-state index contributed by atoms with van der Waals surface area (Å²) >= 11 is 1.22. The molecule has 1 atom stereocenters. The lowest BCUT2D eigenvalue weighted by Gasteiger charge is -2.24. The highest BCUT2D eigenvalue weighted by molar-refractivity contribution is 7.14. The fraction of sp³-hybridized carbons (Fsp3) is 0.208. The molecule has 4 aromatic rings. The second kappa shape index (κ2) is 8.51. The van der Waals surface area contributed by atoms with Crippen LogP contribution in [-0.4, -0.2) is 51.0 Å². The summed E-state index contributed by atoms with van der Waals surface area (Å²) in [6.07, 6.45) is 3.14. The molecule has 0 bridgehead atoms. The Morgan fingerprint density at radius 2 is 1.91 bits per heavy atom. The number of nitrogens with one attached hydrogen (secondary N) is 1. The Morgan fingerprint density at radius 1 is 1.17 bits per heavy atom. The highest BCUT2D eigenvalue weighted by atomic mass is 32.1. The molecule has 3 aromatic heterocycles. The molecule has 4 heterocycles. The van der Waals surface area contributed by atoms with Crippen LogP contribution < -0.4 is 14.4 Å². The van der Waals surface area contributed by atoms with Crippen molar-refractivity contribution >= 4 is 40.0 Å². The molecule has 1 amide bonds. The zero-order chi connectivity index (χ0) is 24.9. The lowest BCUT2D eigenvalue weighted by Crippen LogP contribution is -2.32. The number of H-pyrrole nitrogens is 1. The van der Waals surface area contributed by atoms with Crippen LogP contribution in [0.4, 0.5) is 5.95 Å². The quantitative estimate of drug-likeness (QED) is 0.389. The Hall–Kier alpha value is -4.25. The average molecular weight is 492 g/mol. The van der Waals surface area contributed by atoms with Gasteiger partial charge >= 0.3 is 0 Å². The molecule has 0 aliphatic carbocycles. The molecule has 5 rings (SSSR count). The van der Waals surface area contributed by atoms with E-state index in [4.69, 9.17) is 9.47 Å². The number of ketones is 1. The zero-order valence-electron chi connectivity index (χ0n) is 19.3. The molecule has 0 radical (unpaired) electrons. The van der Waals surface area contributed by atoms with Crippen LogP contribution in [0.1, 0.15) is 32.0 Å². The maximum atomic E-state index is 13.6. The highest BCUT2D eigenvalue weighted by Gasteiger charge is 2.46. The summed E-state index contributed by atoms with van der Waals surface area (Å²) in [5, 5.41) is 11.7. The summed E-state index contributed by atoms with van der Waals surface area (Å²) in [5.74, 6) is -0.735. The van der Waals surface area contributed by atoms with Crippen LogP contribution >= 0.6 is 11.3 Å². The second-order valence-electron chi connectivity index (χ2n) is 7.89. The molecule has 1 aliphatic heterocycles. The summed E-state index contributed by atoms with van der Waals surface area (Å²) in [6.45, 7) is 3.52. The van der Waals surface area contributed by atoms with Crippen molar-refractivity contribution in [1.82, 2.24) is 19.9 Å². The minimum atomic E-state index is -0.949. The van der Waals surface area contributed by atoms with E-state index in [0.29, 0.717) is 43.7 Å². The molecule has 1 aliphatic rings. The van der Waals surface area contributed by atoms with Crippen molar-refractivity contribution in [2.75, 3.05) is 19.1 Å². The van der Waals surface area contributed by atoms with Gasteiger partial charge in [-0.25, -0.2) is 9.97 Å². The van der Waals surface area contributed by atoms with Gasteiger partial charge < -0.3 is 19.6 Å². The number of aromatic nitrogens is 4. The number of benzene rings is 1. The number of rotatable bonds is 6. The lowest BCUT2D eigenvalue weighted by atomic mass is 9.96. The minimum Gasteiger partial charge on any atom is -0.503 e. The number of aliphatic hydroxyl groups is 1. The van der Waals surface area contributed by atoms with Gasteiger partial charge in [0.1, 0.15) is 0 Å². The maximum Gasteiger partial charge on any atom is 0.296 e. The molecular weight excluding hydrogens is 470 g/mol. The van der Waals surface area contributed by atoms with Crippen LogP contribution in [0.5, 0.6) is 11.5 Å². The molecule has 10 nitrogen and oxygen atoms in total. The fourth-order valence-electron chi connectivity index (χ4n) is 4.21. The smallest absolute Gasteiger partial charge is 0.296 e. The average Bonchev–Trinajstić information content (AvgIpc) is 3.50. The first-order valence-corrected chi connectivity index (χ1v) is 11.4. The molecule has 1 unspecified atom stereocenters. The van der Waals surface area contributed by atoms with E-state index in [2.05, 4.69) is 19.9 Å². The van der Waals surface area contributed by atoms with Crippen molar-refractivity contribution in [3.05, 3.63) is 69.1 Å². The van der Waals surface area contributed by atoms with Gasteiger partial charge in [0.2, 0.25) is 11.7 Å². The van der Waals surface area contributed by atoms with Gasteiger partial charge in [0, 0.05) is 24.5 Å². The van der Waals surface area contributed by atoms with Crippen molar-refractivity contribution in [2.24, 2.45) is 0 Å². The van der Waals surface area contributed by atoms with E-state index >= 15 is 0 Å². The number of Topliss-reactive ketones (excluding diaryl/α,β-unsaturated/α-hetero) is 1. The van der Waals surface area contributed by atoms with Gasteiger partial charge in [0.15, 0.2) is 17.3 Å². The number of carbonyl (C=O) groups is 2. The summed E-state index contributed by atoms with van der Waals surface area (Å²) in [5.41, 5.74) is 2.14. The number of ether oxygens (including phenoxy) is 2. The van der Waals surface area contributed by atoms with E-state index in [0.717, 1.165) is 0 Å². The number of hydrogen-bond acceptors (Lipinski definition) is 9. The lowest BCUT2D eigenvalue weighted by molar-refractivity contribution is -0.117. The van der Waals surface area contributed by atoms with Crippen LogP contribution in [0.2, 0.25) is 0 Å². The van der Waals surface area contributed by atoms with Crippen LogP contribution in [0.25, 0.3) is 11.0 Å². The molecule has 0 saturated carbocycles. The predicted molar refractivity (Wildman–Crippen MR) is 129 cm³/mol. The number of aryl methyl sites for hydroxylation is 2. The second-order valence-corrected chi connectivity index (χ2v) is 9.09. The molecule has 11 heteroatoms. The third kappa shape index (κ3) is 3.60. The van der Waals surface area contributed by atoms with E-state index in [1.54, 1.807) is 50.5 Å². The zero-order valence-corrected chi connectivity index (χ0v) is 20.1. The number of imidazole rings is 1. The van der Waals surface area contributed by atoms with E-state index in [1.807, 2.05) is 0 Å².